The molecule has 1 saturated heterocycles. The molecule has 3 atom stereocenters. The van der Waals surface area contributed by atoms with Crippen LogP contribution >= 0.6 is 11.6 Å². The van der Waals surface area contributed by atoms with Crippen LogP contribution in [0, 0.1) is 0 Å². The topological polar surface area (TPSA) is 80.1 Å². The van der Waals surface area contributed by atoms with Crippen LogP contribution in [0.25, 0.3) is 11.5 Å². The summed E-state index contributed by atoms with van der Waals surface area (Å²) in [5, 5.41) is 15.0. The lowest BCUT2D eigenvalue weighted by molar-refractivity contribution is 0.247. The molecule has 130 valence electrons. The van der Waals surface area contributed by atoms with Gasteiger partial charge < -0.3 is 15.1 Å². The molecule has 1 aromatic heterocycles. The van der Waals surface area contributed by atoms with Gasteiger partial charge >= 0.3 is 6.03 Å². The molecular formula is C18H19ClN4O2. The summed E-state index contributed by atoms with van der Waals surface area (Å²) in [4.78, 5) is 11.5. The molecule has 6 nitrogen and oxygen atoms in total. The van der Waals surface area contributed by atoms with Crippen LogP contribution in [0.3, 0.4) is 0 Å². The minimum atomic E-state index is -0.0611. The van der Waals surface area contributed by atoms with E-state index in [1.165, 1.54) is 0 Å². The highest BCUT2D eigenvalue weighted by Gasteiger charge is 2.38. The Bertz CT molecular complexity index is 832. The van der Waals surface area contributed by atoms with Crippen molar-refractivity contribution >= 4 is 17.6 Å². The van der Waals surface area contributed by atoms with E-state index >= 15 is 0 Å². The minimum Gasteiger partial charge on any atom is -0.420 e. The Hall–Kier alpha value is -2.08. The summed E-state index contributed by atoms with van der Waals surface area (Å²) in [5.41, 5.74) is 1.90. The van der Waals surface area contributed by atoms with Crippen molar-refractivity contribution in [3.8, 4) is 11.5 Å². The summed E-state index contributed by atoms with van der Waals surface area (Å²) in [6.07, 6.45) is 5.10. The van der Waals surface area contributed by atoms with Crippen LogP contribution in [0.15, 0.2) is 22.6 Å². The highest BCUT2D eigenvalue weighted by molar-refractivity contribution is 6.34. The van der Waals surface area contributed by atoms with Gasteiger partial charge in [0, 0.05) is 5.92 Å². The van der Waals surface area contributed by atoms with Crippen LogP contribution in [0.1, 0.15) is 55.4 Å². The first-order chi connectivity index (χ1) is 12.2. The fourth-order valence-corrected chi connectivity index (χ4v) is 4.39. The first-order valence-electron chi connectivity index (χ1n) is 8.88. The van der Waals surface area contributed by atoms with E-state index in [9.17, 15) is 4.79 Å². The van der Waals surface area contributed by atoms with E-state index in [0.717, 1.165) is 49.1 Å². The molecule has 0 radical (unpaired) electrons. The molecule has 3 aliphatic rings. The highest BCUT2D eigenvalue weighted by atomic mass is 35.5. The van der Waals surface area contributed by atoms with Gasteiger partial charge in [-0.25, -0.2) is 4.79 Å². The maximum absolute atomic E-state index is 11.5. The third-order valence-corrected chi connectivity index (χ3v) is 5.97. The fraction of sp³-hybridized carbons (Fsp3) is 0.500. The average Bonchev–Trinajstić information content (AvgIpc) is 3.22. The number of benzene rings is 1. The van der Waals surface area contributed by atoms with E-state index in [1.807, 2.05) is 12.1 Å². The SMILES string of the molecule is O=C1NC2CCC(c3cccc(-c4nnc(C5CC5)o4)c3Cl)CC2N1. The zero-order valence-corrected chi connectivity index (χ0v) is 14.4. The Morgan fingerprint density at radius 3 is 2.68 bits per heavy atom. The molecule has 3 fully saturated rings. The van der Waals surface area contributed by atoms with Crippen molar-refractivity contribution in [2.45, 2.75) is 56.0 Å². The monoisotopic (exact) mass is 358 g/mol. The Labute approximate surface area is 150 Å². The molecule has 2 amide bonds. The molecule has 1 aromatic carbocycles. The summed E-state index contributed by atoms with van der Waals surface area (Å²) in [5.74, 6) is 1.96. The van der Waals surface area contributed by atoms with Crippen molar-refractivity contribution in [1.29, 1.82) is 0 Å². The zero-order chi connectivity index (χ0) is 17.0. The molecule has 7 heteroatoms. The highest BCUT2D eigenvalue weighted by Crippen LogP contribution is 2.43. The maximum Gasteiger partial charge on any atom is 0.315 e. The maximum atomic E-state index is 11.5. The number of nitrogens with one attached hydrogen (secondary N) is 2. The van der Waals surface area contributed by atoms with Crippen molar-refractivity contribution in [3.05, 3.63) is 34.7 Å². The van der Waals surface area contributed by atoms with Gasteiger partial charge in [-0.2, -0.15) is 0 Å². The Balaban J connectivity index is 1.43. The molecule has 2 N–H and O–H groups in total. The third kappa shape index (κ3) is 2.68. The first-order valence-corrected chi connectivity index (χ1v) is 9.26. The van der Waals surface area contributed by atoms with Gasteiger partial charge in [-0.05, 0) is 49.7 Å². The molecule has 25 heavy (non-hydrogen) atoms. The number of carbonyl (C=O) groups excluding carboxylic acids is 1. The predicted molar refractivity (Wildman–Crippen MR) is 92.6 cm³/mol. The van der Waals surface area contributed by atoms with Gasteiger partial charge in [0.1, 0.15) is 0 Å². The first kappa shape index (κ1) is 15.2. The number of nitrogens with zero attached hydrogens (tertiary/aromatic N) is 2. The fourth-order valence-electron chi connectivity index (χ4n) is 4.03. The third-order valence-electron chi connectivity index (χ3n) is 5.55. The second-order valence-electron chi connectivity index (χ2n) is 7.27. The number of hydrogen-bond donors (Lipinski definition) is 2. The normalized spacial score (nSPS) is 28.4. The summed E-state index contributed by atoms with van der Waals surface area (Å²) in [6.45, 7) is 0. The molecule has 0 bridgehead atoms. The lowest BCUT2D eigenvalue weighted by Gasteiger charge is -2.31. The number of halogens is 1. The number of aromatic nitrogens is 2. The number of urea groups is 1. The van der Waals surface area contributed by atoms with Gasteiger partial charge in [-0.15, -0.1) is 10.2 Å². The quantitative estimate of drug-likeness (QED) is 0.878. The standard InChI is InChI=1S/C18H19ClN4O2/c19-15-11(10-6-7-13-14(8-10)21-18(24)20-13)2-1-3-12(15)17-23-22-16(25-17)9-4-5-9/h1-3,9-10,13-14H,4-8H2,(H2,20,21,24). The smallest absolute Gasteiger partial charge is 0.315 e. The summed E-state index contributed by atoms with van der Waals surface area (Å²) in [7, 11) is 0. The van der Waals surface area contributed by atoms with Crippen LogP contribution in [0.5, 0.6) is 0 Å². The van der Waals surface area contributed by atoms with Crippen LogP contribution in [0.2, 0.25) is 5.02 Å². The lowest BCUT2D eigenvalue weighted by atomic mass is 9.79. The van der Waals surface area contributed by atoms with Gasteiger partial charge in [-0.3, -0.25) is 0 Å². The largest absolute Gasteiger partial charge is 0.420 e. The number of rotatable bonds is 3. The van der Waals surface area contributed by atoms with Crippen LogP contribution in [-0.4, -0.2) is 28.3 Å². The van der Waals surface area contributed by atoms with Crippen molar-refractivity contribution in [2.24, 2.45) is 0 Å². The van der Waals surface area contributed by atoms with Crippen LogP contribution in [-0.2, 0) is 0 Å². The Morgan fingerprint density at radius 2 is 1.84 bits per heavy atom. The molecular weight excluding hydrogens is 340 g/mol. The summed E-state index contributed by atoms with van der Waals surface area (Å²) >= 11 is 6.72. The molecule has 5 rings (SSSR count). The number of carbonyl (C=O) groups is 1. The lowest BCUT2D eigenvalue weighted by Crippen LogP contribution is -2.38. The van der Waals surface area contributed by atoms with Crippen molar-refractivity contribution in [2.75, 3.05) is 0 Å². The van der Waals surface area contributed by atoms with Crippen molar-refractivity contribution < 1.29 is 9.21 Å². The van der Waals surface area contributed by atoms with Crippen LogP contribution in [0.4, 0.5) is 4.79 Å². The zero-order valence-electron chi connectivity index (χ0n) is 13.7. The molecule has 2 aliphatic carbocycles. The molecule has 2 heterocycles. The van der Waals surface area contributed by atoms with E-state index in [0.29, 0.717) is 22.7 Å². The average molecular weight is 359 g/mol. The van der Waals surface area contributed by atoms with Crippen LogP contribution < -0.4 is 10.6 Å². The number of fused-ring (bicyclic) bond motifs is 1. The number of amides is 2. The second kappa shape index (κ2) is 5.73. The number of hydrogen-bond acceptors (Lipinski definition) is 4. The van der Waals surface area contributed by atoms with E-state index < -0.39 is 0 Å². The second-order valence-corrected chi connectivity index (χ2v) is 7.65. The van der Waals surface area contributed by atoms with Gasteiger partial charge in [0.2, 0.25) is 11.8 Å². The van der Waals surface area contributed by atoms with Gasteiger partial charge in [0.25, 0.3) is 0 Å². The summed E-state index contributed by atoms with van der Waals surface area (Å²) < 4.78 is 5.83. The van der Waals surface area contributed by atoms with Gasteiger partial charge in [0.15, 0.2) is 0 Å². The minimum absolute atomic E-state index is 0.0611. The molecule has 2 saturated carbocycles. The van der Waals surface area contributed by atoms with E-state index in [-0.39, 0.29) is 18.1 Å². The molecule has 2 aromatic rings. The van der Waals surface area contributed by atoms with Gasteiger partial charge in [-0.1, -0.05) is 23.7 Å². The van der Waals surface area contributed by atoms with Gasteiger partial charge in [0.05, 0.1) is 22.7 Å². The van der Waals surface area contributed by atoms with E-state index in [4.69, 9.17) is 16.0 Å². The Morgan fingerprint density at radius 1 is 1.04 bits per heavy atom. The van der Waals surface area contributed by atoms with Crippen molar-refractivity contribution in [3.63, 3.8) is 0 Å². The molecule has 0 spiro atoms. The van der Waals surface area contributed by atoms with Crippen molar-refractivity contribution in [1.82, 2.24) is 20.8 Å². The molecule has 3 unspecified atom stereocenters. The summed E-state index contributed by atoms with van der Waals surface area (Å²) in [6, 6.07) is 6.35. The predicted octanol–water partition coefficient (Wildman–Crippen LogP) is 3.58. The molecule has 1 aliphatic heterocycles. The Kier molecular flexibility index (Phi) is 3.48. The van der Waals surface area contributed by atoms with E-state index in [1.54, 1.807) is 0 Å². The van der Waals surface area contributed by atoms with E-state index in [2.05, 4.69) is 26.9 Å².